The molecular weight excluding hydrogens is 516 g/mol. The van der Waals surface area contributed by atoms with Crippen LogP contribution in [-0.4, -0.2) is 35.9 Å². The number of aryl methyl sites for hydroxylation is 1. The SMILES string of the molecule is CCc1ccc(OCC(=O)N(Cc2ccccc2)[C@@H](Cc2ccccc2)C(=O)NCC(C)C)c(Br)c1. The molecule has 0 aliphatic rings. The van der Waals surface area contributed by atoms with E-state index in [2.05, 4.69) is 42.0 Å². The van der Waals surface area contributed by atoms with Crippen LogP contribution in [0, 0.1) is 5.92 Å². The topological polar surface area (TPSA) is 58.6 Å². The van der Waals surface area contributed by atoms with Gasteiger partial charge in [-0.1, -0.05) is 87.5 Å². The monoisotopic (exact) mass is 550 g/mol. The molecule has 3 aromatic rings. The molecule has 1 atom stereocenters. The van der Waals surface area contributed by atoms with E-state index in [9.17, 15) is 9.59 Å². The summed E-state index contributed by atoms with van der Waals surface area (Å²) in [5.41, 5.74) is 3.12. The summed E-state index contributed by atoms with van der Waals surface area (Å²) < 4.78 is 6.73. The highest BCUT2D eigenvalue weighted by atomic mass is 79.9. The van der Waals surface area contributed by atoms with E-state index >= 15 is 0 Å². The van der Waals surface area contributed by atoms with Crippen molar-refractivity contribution < 1.29 is 14.3 Å². The number of hydrogen-bond acceptors (Lipinski definition) is 3. The molecule has 3 rings (SSSR count). The highest BCUT2D eigenvalue weighted by Crippen LogP contribution is 2.26. The van der Waals surface area contributed by atoms with Gasteiger partial charge >= 0.3 is 0 Å². The molecule has 0 heterocycles. The Bertz CT molecular complexity index is 1120. The lowest BCUT2D eigenvalue weighted by molar-refractivity contribution is -0.142. The molecule has 0 unspecified atom stereocenters. The van der Waals surface area contributed by atoms with Crippen molar-refractivity contribution in [3.8, 4) is 5.75 Å². The molecule has 0 saturated heterocycles. The molecule has 1 N–H and O–H groups in total. The summed E-state index contributed by atoms with van der Waals surface area (Å²) >= 11 is 3.55. The van der Waals surface area contributed by atoms with E-state index in [4.69, 9.17) is 4.74 Å². The van der Waals surface area contributed by atoms with Crippen molar-refractivity contribution in [2.45, 2.75) is 46.2 Å². The third kappa shape index (κ3) is 8.23. The van der Waals surface area contributed by atoms with E-state index in [0.29, 0.717) is 31.2 Å². The summed E-state index contributed by atoms with van der Waals surface area (Å²) in [6.45, 7) is 6.88. The van der Waals surface area contributed by atoms with Crippen LogP contribution in [-0.2, 0) is 29.0 Å². The highest BCUT2D eigenvalue weighted by molar-refractivity contribution is 9.10. The Morgan fingerprint density at radius 3 is 2.14 bits per heavy atom. The summed E-state index contributed by atoms with van der Waals surface area (Å²) in [4.78, 5) is 28.7. The number of carbonyl (C=O) groups excluding carboxylic acids is 2. The van der Waals surface area contributed by atoms with Crippen molar-refractivity contribution in [3.05, 3.63) is 100 Å². The van der Waals surface area contributed by atoms with Gasteiger partial charge in [0.25, 0.3) is 5.91 Å². The number of rotatable bonds is 12. The van der Waals surface area contributed by atoms with Crippen molar-refractivity contribution in [2.24, 2.45) is 5.92 Å². The minimum atomic E-state index is -0.673. The average Bonchev–Trinajstić information content (AvgIpc) is 2.89. The minimum absolute atomic E-state index is 0.162. The second kappa shape index (κ2) is 13.8. The predicted molar refractivity (Wildman–Crippen MR) is 148 cm³/mol. The van der Waals surface area contributed by atoms with Gasteiger partial charge in [-0.15, -0.1) is 0 Å². The van der Waals surface area contributed by atoms with Gasteiger partial charge in [-0.2, -0.15) is 0 Å². The summed E-state index contributed by atoms with van der Waals surface area (Å²) in [7, 11) is 0. The molecule has 36 heavy (non-hydrogen) atoms. The molecule has 0 radical (unpaired) electrons. The number of amides is 2. The predicted octanol–water partition coefficient (Wildman–Crippen LogP) is 5.80. The van der Waals surface area contributed by atoms with Gasteiger partial charge in [0.2, 0.25) is 5.91 Å². The summed E-state index contributed by atoms with van der Waals surface area (Å²) in [6.07, 6.45) is 1.33. The maximum absolute atomic E-state index is 13.6. The first kappa shape index (κ1) is 27.5. The lowest BCUT2D eigenvalue weighted by atomic mass is 10.0. The van der Waals surface area contributed by atoms with Gasteiger partial charge in [0.1, 0.15) is 11.8 Å². The normalized spacial score (nSPS) is 11.7. The second-order valence-corrected chi connectivity index (χ2v) is 10.1. The molecule has 0 spiro atoms. The fraction of sp³-hybridized carbons (Fsp3) is 0.333. The first-order valence-corrected chi connectivity index (χ1v) is 13.2. The molecule has 0 aliphatic carbocycles. The lowest BCUT2D eigenvalue weighted by Crippen LogP contribution is -2.52. The third-order valence-electron chi connectivity index (χ3n) is 5.91. The zero-order valence-electron chi connectivity index (χ0n) is 21.2. The number of nitrogens with zero attached hydrogens (tertiary/aromatic N) is 1. The maximum Gasteiger partial charge on any atom is 0.261 e. The van der Waals surface area contributed by atoms with Gasteiger partial charge in [-0.05, 0) is 57.1 Å². The number of ether oxygens (including phenoxy) is 1. The largest absolute Gasteiger partial charge is 0.483 e. The van der Waals surface area contributed by atoms with E-state index in [0.717, 1.165) is 22.0 Å². The molecule has 3 aromatic carbocycles. The maximum atomic E-state index is 13.6. The van der Waals surface area contributed by atoms with Crippen LogP contribution in [0.3, 0.4) is 0 Å². The van der Waals surface area contributed by atoms with Gasteiger partial charge in [-0.3, -0.25) is 9.59 Å². The summed E-state index contributed by atoms with van der Waals surface area (Å²) in [5.74, 6) is 0.497. The fourth-order valence-electron chi connectivity index (χ4n) is 3.86. The average molecular weight is 552 g/mol. The smallest absolute Gasteiger partial charge is 0.261 e. The van der Waals surface area contributed by atoms with Crippen molar-refractivity contribution in [3.63, 3.8) is 0 Å². The number of carbonyl (C=O) groups is 2. The standard InChI is InChI=1S/C30H35BrN2O3/c1-4-23-15-16-28(26(31)17-23)36-21-29(34)33(20-25-13-9-6-10-14-25)27(30(35)32-19-22(2)3)18-24-11-7-5-8-12-24/h5-17,22,27H,4,18-21H2,1-3H3,(H,32,35)/t27-/m0/s1. The molecule has 5 nitrogen and oxygen atoms in total. The van der Waals surface area contributed by atoms with Crippen molar-refractivity contribution in [1.29, 1.82) is 0 Å². The summed E-state index contributed by atoms with van der Waals surface area (Å²) in [5, 5.41) is 3.04. The quantitative estimate of drug-likeness (QED) is 0.310. The van der Waals surface area contributed by atoms with Crippen LogP contribution in [0.15, 0.2) is 83.3 Å². The first-order chi connectivity index (χ1) is 17.4. The molecule has 0 aliphatic heterocycles. The third-order valence-corrected chi connectivity index (χ3v) is 6.53. The van der Waals surface area contributed by atoms with E-state index in [1.165, 1.54) is 5.56 Å². The molecular formula is C30H35BrN2O3. The second-order valence-electron chi connectivity index (χ2n) is 9.26. The van der Waals surface area contributed by atoms with Crippen LogP contribution in [0.4, 0.5) is 0 Å². The van der Waals surface area contributed by atoms with Crippen LogP contribution in [0.5, 0.6) is 5.75 Å². The van der Waals surface area contributed by atoms with E-state index in [1.807, 2.05) is 78.9 Å². The molecule has 0 fully saturated rings. The minimum Gasteiger partial charge on any atom is -0.483 e. The van der Waals surface area contributed by atoms with Crippen molar-refractivity contribution >= 4 is 27.7 Å². The Balaban J connectivity index is 1.87. The molecule has 6 heteroatoms. The van der Waals surface area contributed by atoms with E-state index < -0.39 is 6.04 Å². The van der Waals surface area contributed by atoms with Crippen molar-refractivity contribution in [2.75, 3.05) is 13.2 Å². The molecule has 190 valence electrons. The number of nitrogens with one attached hydrogen (secondary N) is 1. The van der Waals surface area contributed by atoms with E-state index in [1.54, 1.807) is 4.90 Å². The number of halogens is 1. The zero-order chi connectivity index (χ0) is 25.9. The summed E-state index contributed by atoms with van der Waals surface area (Å²) in [6, 6.07) is 24.7. The van der Waals surface area contributed by atoms with E-state index in [-0.39, 0.29) is 18.4 Å². The Morgan fingerprint density at radius 2 is 1.56 bits per heavy atom. The zero-order valence-corrected chi connectivity index (χ0v) is 22.8. The van der Waals surface area contributed by atoms with Crippen LogP contribution in [0.1, 0.15) is 37.5 Å². The van der Waals surface area contributed by atoms with Gasteiger partial charge in [0.05, 0.1) is 4.47 Å². The molecule has 0 saturated carbocycles. The first-order valence-electron chi connectivity index (χ1n) is 12.4. The van der Waals surface area contributed by atoms with Gasteiger partial charge < -0.3 is 15.0 Å². The van der Waals surface area contributed by atoms with Gasteiger partial charge in [0, 0.05) is 19.5 Å². The Kier molecular flexibility index (Phi) is 10.6. The molecule has 0 bridgehead atoms. The molecule has 2 amide bonds. The van der Waals surface area contributed by atoms with Gasteiger partial charge in [0.15, 0.2) is 6.61 Å². The van der Waals surface area contributed by atoms with Gasteiger partial charge in [-0.25, -0.2) is 0 Å². The van der Waals surface area contributed by atoms with Crippen LogP contribution in [0.25, 0.3) is 0 Å². The van der Waals surface area contributed by atoms with Crippen LogP contribution >= 0.6 is 15.9 Å². The van der Waals surface area contributed by atoms with Crippen molar-refractivity contribution in [1.82, 2.24) is 10.2 Å². The van der Waals surface area contributed by atoms with Crippen LogP contribution in [0.2, 0.25) is 0 Å². The Hall–Kier alpha value is -3.12. The highest BCUT2D eigenvalue weighted by Gasteiger charge is 2.30. The lowest BCUT2D eigenvalue weighted by Gasteiger charge is -2.31. The van der Waals surface area contributed by atoms with Crippen LogP contribution < -0.4 is 10.1 Å². The fourth-order valence-corrected chi connectivity index (χ4v) is 4.40. The number of benzene rings is 3. The Morgan fingerprint density at radius 1 is 0.917 bits per heavy atom. The number of hydrogen-bond donors (Lipinski definition) is 1. The molecule has 0 aromatic heterocycles. The Labute approximate surface area is 223 Å².